The molecule has 2 rings (SSSR count). The van der Waals surface area contributed by atoms with Crippen LogP contribution in [0.2, 0.25) is 0 Å². The number of benzene rings is 2. The van der Waals surface area contributed by atoms with E-state index in [0.717, 1.165) is 17.3 Å². The number of amides is 1. The van der Waals surface area contributed by atoms with Crippen LogP contribution in [0.25, 0.3) is 0 Å². The fourth-order valence-corrected chi connectivity index (χ4v) is 2.64. The van der Waals surface area contributed by atoms with Crippen molar-refractivity contribution in [3.05, 3.63) is 70.4 Å². The van der Waals surface area contributed by atoms with Crippen molar-refractivity contribution in [1.82, 2.24) is 0 Å². The molecule has 0 aliphatic heterocycles. The highest BCUT2D eigenvalue weighted by Crippen LogP contribution is 2.21. The molecule has 0 saturated carbocycles. The Morgan fingerprint density at radius 3 is 2.27 bits per heavy atom. The smallest absolute Gasteiger partial charge is 0.339 e. The van der Waals surface area contributed by atoms with Crippen molar-refractivity contribution in [3.8, 4) is 6.07 Å². The van der Waals surface area contributed by atoms with E-state index < -0.39 is 17.8 Å². The summed E-state index contributed by atoms with van der Waals surface area (Å²) >= 11 is 0. The molecule has 8 heteroatoms. The molecule has 0 aromatic heterocycles. The van der Waals surface area contributed by atoms with Crippen LogP contribution in [0.4, 0.5) is 11.4 Å². The van der Waals surface area contributed by atoms with Gasteiger partial charge in [0.1, 0.15) is 11.6 Å². The molecule has 0 fully saturated rings. The van der Waals surface area contributed by atoms with Gasteiger partial charge in [0.2, 0.25) is 0 Å². The second kappa shape index (κ2) is 9.89. The van der Waals surface area contributed by atoms with Gasteiger partial charge in [-0.1, -0.05) is 17.7 Å². The van der Waals surface area contributed by atoms with E-state index in [4.69, 9.17) is 4.74 Å². The molecule has 0 unspecified atom stereocenters. The van der Waals surface area contributed by atoms with Crippen LogP contribution in [0.1, 0.15) is 31.8 Å². The van der Waals surface area contributed by atoms with E-state index in [1.54, 1.807) is 6.07 Å². The topological polar surface area (TPSA) is 118 Å². The number of anilines is 2. The number of aryl methyl sites for hydroxylation is 2. The van der Waals surface area contributed by atoms with Crippen LogP contribution in [-0.4, -0.2) is 32.1 Å². The number of methoxy groups -OCH3 is 2. The van der Waals surface area contributed by atoms with Gasteiger partial charge < -0.3 is 20.1 Å². The highest BCUT2D eigenvalue weighted by Gasteiger charge is 2.16. The third-order valence-electron chi connectivity index (χ3n) is 4.21. The molecule has 0 radical (unpaired) electrons. The summed E-state index contributed by atoms with van der Waals surface area (Å²) in [6, 6.07) is 11.5. The first-order valence-corrected chi connectivity index (χ1v) is 8.86. The van der Waals surface area contributed by atoms with Crippen LogP contribution in [0.5, 0.6) is 0 Å². The SMILES string of the molecule is COC(=O)c1ccc(C(=O)OC)c(N/C=C(/C#N)C(=O)Nc2ccc(C)cc2C)c1. The zero-order chi connectivity index (χ0) is 22.3. The van der Waals surface area contributed by atoms with E-state index >= 15 is 0 Å². The average molecular weight is 407 g/mol. The number of nitrogens with zero attached hydrogens (tertiary/aromatic N) is 1. The van der Waals surface area contributed by atoms with E-state index in [-0.39, 0.29) is 22.4 Å². The molecule has 0 aliphatic carbocycles. The van der Waals surface area contributed by atoms with Gasteiger partial charge in [0.15, 0.2) is 0 Å². The highest BCUT2D eigenvalue weighted by atomic mass is 16.5. The zero-order valence-corrected chi connectivity index (χ0v) is 17.0. The Morgan fingerprint density at radius 2 is 1.67 bits per heavy atom. The molecule has 0 atom stereocenters. The van der Waals surface area contributed by atoms with Crippen molar-refractivity contribution in [2.24, 2.45) is 0 Å². The van der Waals surface area contributed by atoms with Gasteiger partial charge in [0.05, 0.1) is 31.0 Å². The third kappa shape index (κ3) is 5.23. The Kier molecular flexibility index (Phi) is 7.31. The molecular formula is C22H21N3O5. The number of carbonyl (C=O) groups is 3. The van der Waals surface area contributed by atoms with E-state index in [1.807, 2.05) is 32.0 Å². The molecule has 8 nitrogen and oxygen atoms in total. The summed E-state index contributed by atoms with van der Waals surface area (Å²) in [5.41, 5.74) is 2.73. The number of hydrogen-bond donors (Lipinski definition) is 2. The van der Waals surface area contributed by atoms with Gasteiger partial charge in [-0.15, -0.1) is 0 Å². The Hall–Kier alpha value is -4.12. The molecular weight excluding hydrogens is 386 g/mol. The highest BCUT2D eigenvalue weighted by molar-refractivity contribution is 6.07. The van der Waals surface area contributed by atoms with Gasteiger partial charge in [-0.3, -0.25) is 4.79 Å². The molecule has 30 heavy (non-hydrogen) atoms. The minimum absolute atomic E-state index is 0.119. The molecule has 1 amide bonds. The summed E-state index contributed by atoms with van der Waals surface area (Å²) in [5.74, 6) is -1.88. The molecule has 0 saturated heterocycles. The van der Waals surface area contributed by atoms with Crippen LogP contribution in [0.3, 0.4) is 0 Å². The van der Waals surface area contributed by atoms with Crippen molar-refractivity contribution in [3.63, 3.8) is 0 Å². The number of carbonyl (C=O) groups excluding carboxylic acids is 3. The number of nitrogens with one attached hydrogen (secondary N) is 2. The largest absolute Gasteiger partial charge is 0.465 e. The first kappa shape index (κ1) is 22.2. The van der Waals surface area contributed by atoms with E-state index in [1.165, 1.54) is 32.4 Å². The minimum Gasteiger partial charge on any atom is -0.465 e. The van der Waals surface area contributed by atoms with Crippen molar-refractivity contribution in [1.29, 1.82) is 5.26 Å². The lowest BCUT2D eigenvalue weighted by molar-refractivity contribution is -0.112. The van der Waals surface area contributed by atoms with Gasteiger partial charge in [0, 0.05) is 11.9 Å². The molecule has 0 aliphatic rings. The van der Waals surface area contributed by atoms with Gasteiger partial charge in [-0.25, -0.2) is 9.59 Å². The lowest BCUT2D eigenvalue weighted by atomic mass is 10.1. The summed E-state index contributed by atoms with van der Waals surface area (Å²) in [6.07, 6.45) is 1.15. The Balaban J connectivity index is 2.32. The first-order valence-electron chi connectivity index (χ1n) is 8.86. The average Bonchev–Trinajstić information content (AvgIpc) is 2.74. The van der Waals surface area contributed by atoms with E-state index in [9.17, 15) is 19.6 Å². The van der Waals surface area contributed by atoms with Crippen LogP contribution in [-0.2, 0) is 14.3 Å². The second-order valence-electron chi connectivity index (χ2n) is 6.33. The van der Waals surface area contributed by atoms with Crippen LogP contribution < -0.4 is 10.6 Å². The van der Waals surface area contributed by atoms with E-state index in [2.05, 4.69) is 15.4 Å². The van der Waals surface area contributed by atoms with Crippen molar-refractivity contribution < 1.29 is 23.9 Å². The van der Waals surface area contributed by atoms with Gasteiger partial charge >= 0.3 is 11.9 Å². The standard InChI is InChI=1S/C22H21N3O5/c1-13-5-8-18(14(2)9-13)25-20(26)16(11-23)12-24-19-10-15(21(27)29-3)6-7-17(19)22(28)30-4/h5-10,12,24H,1-4H3,(H,25,26)/b16-12-. The predicted octanol–water partition coefficient (Wildman–Crippen LogP) is 3.33. The Morgan fingerprint density at radius 1 is 0.967 bits per heavy atom. The van der Waals surface area contributed by atoms with Crippen LogP contribution in [0, 0.1) is 25.2 Å². The number of rotatable bonds is 6. The summed E-state index contributed by atoms with van der Waals surface area (Å²) in [4.78, 5) is 36.3. The maximum Gasteiger partial charge on any atom is 0.339 e. The number of esters is 2. The summed E-state index contributed by atoms with van der Waals surface area (Å²) < 4.78 is 9.40. The fraction of sp³-hybridized carbons (Fsp3) is 0.182. The van der Waals surface area contributed by atoms with Gasteiger partial charge in [-0.2, -0.15) is 5.26 Å². The zero-order valence-electron chi connectivity index (χ0n) is 17.0. The molecule has 154 valence electrons. The van der Waals surface area contributed by atoms with Crippen molar-refractivity contribution in [2.45, 2.75) is 13.8 Å². The number of nitriles is 1. The minimum atomic E-state index is -0.652. The molecule has 0 bridgehead atoms. The lowest BCUT2D eigenvalue weighted by Crippen LogP contribution is -2.16. The van der Waals surface area contributed by atoms with Crippen LogP contribution >= 0.6 is 0 Å². The van der Waals surface area contributed by atoms with Crippen molar-refractivity contribution >= 4 is 29.2 Å². The molecule has 2 N–H and O–H groups in total. The summed E-state index contributed by atoms with van der Waals surface area (Å²) in [5, 5.41) is 14.8. The lowest BCUT2D eigenvalue weighted by Gasteiger charge is -2.11. The summed E-state index contributed by atoms with van der Waals surface area (Å²) in [7, 11) is 2.45. The number of ether oxygens (including phenoxy) is 2. The van der Waals surface area contributed by atoms with Gasteiger partial charge in [-0.05, 0) is 43.7 Å². The first-order chi connectivity index (χ1) is 14.3. The number of hydrogen-bond acceptors (Lipinski definition) is 7. The fourth-order valence-electron chi connectivity index (χ4n) is 2.64. The molecule has 0 heterocycles. The molecule has 2 aromatic rings. The van der Waals surface area contributed by atoms with Gasteiger partial charge in [0.25, 0.3) is 5.91 Å². The summed E-state index contributed by atoms with van der Waals surface area (Å²) in [6.45, 7) is 3.78. The maximum atomic E-state index is 12.5. The second-order valence-corrected chi connectivity index (χ2v) is 6.33. The van der Waals surface area contributed by atoms with Crippen molar-refractivity contribution in [2.75, 3.05) is 24.9 Å². The predicted molar refractivity (Wildman–Crippen MR) is 111 cm³/mol. The third-order valence-corrected chi connectivity index (χ3v) is 4.21. The van der Waals surface area contributed by atoms with Crippen LogP contribution in [0.15, 0.2) is 48.2 Å². The Labute approximate surface area is 174 Å². The quantitative estimate of drug-likeness (QED) is 0.428. The normalized spacial score (nSPS) is 10.6. The molecule has 2 aromatic carbocycles. The Bertz CT molecular complexity index is 1070. The monoisotopic (exact) mass is 407 g/mol. The van der Waals surface area contributed by atoms with E-state index in [0.29, 0.717) is 5.69 Å². The maximum absolute atomic E-state index is 12.5. The molecule has 0 spiro atoms.